The van der Waals surface area contributed by atoms with E-state index in [0.29, 0.717) is 11.5 Å². The number of carbonyl (C=O) groups is 1. The Morgan fingerprint density at radius 1 is 1.44 bits per heavy atom. The van der Waals surface area contributed by atoms with Crippen LogP contribution in [0.1, 0.15) is 59.9 Å². The quantitative estimate of drug-likeness (QED) is 0.852. The predicted molar refractivity (Wildman–Crippen MR) is 71.8 cm³/mol. The number of aromatic nitrogens is 1. The third-order valence-electron chi connectivity index (χ3n) is 3.41. The van der Waals surface area contributed by atoms with Crippen molar-refractivity contribution in [1.82, 2.24) is 4.98 Å². The fourth-order valence-electron chi connectivity index (χ4n) is 2.38. The summed E-state index contributed by atoms with van der Waals surface area (Å²) in [5.41, 5.74) is 6.89. The smallest absolute Gasteiger partial charge is 0.350 e. The van der Waals surface area contributed by atoms with Crippen molar-refractivity contribution in [3.05, 3.63) is 15.6 Å². The van der Waals surface area contributed by atoms with Gasteiger partial charge in [-0.3, -0.25) is 0 Å². The van der Waals surface area contributed by atoms with Crippen LogP contribution in [0, 0.1) is 0 Å². The third kappa shape index (κ3) is 2.42. The predicted octanol–water partition coefficient (Wildman–Crippen LogP) is 2.61. The van der Waals surface area contributed by atoms with Gasteiger partial charge >= 0.3 is 5.97 Å². The number of aryl methyl sites for hydroxylation is 1. The summed E-state index contributed by atoms with van der Waals surface area (Å²) in [6, 6.07) is 0. The summed E-state index contributed by atoms with van der Waals surface area (Å²) in [6.07, 6.45) is 4.96. The largest absolute Gasteiger partial charge is 0.462 e. The molecule has 1 aromatic rings. The Labute approximate surface area is 112 Å². The normalized spacial score (nSPS) is 17.9. The van der Waals surface area contributed by atoms with Crippen LogP contribution in [0.3, 0.4) is 0 Å². The van der Waals surface area contributed by atoms with Crippen molar-refractivity contribution in [3.8, 4) is 0 Å². The van der Waals surface area contributed by atoms with E-state index in [-0.39, 0.29) is 11.5 Å². The number of esters is 1. The second-order valence-electron chi connectivity index (χ2n) is 4.73. The molecule has 1 aromatic heterocycles. The van der Waals surface area contributed by atoms with E-state index in [1.807, 2.05) is 13.8 Å². The van der Waals surface area contributed by atoms with Crippen molar-refractivity contribution < 1.29 is 9.53 Å². The highest BCUT2D eigenvalue weighted by Gasteiger charge is 2.35. The molecule has 1 heterocycles. The van der Waals surface area contributed by atoms with Crippen molar-refractivity contribution in [2.45, 2.75) is 51.5 Å². The van der Waals surface area contributed by atoms with Crippen LogP contribution in [-0.2, 0) is 16.7 Å². The van der Waals surface area contributed by atoms with Gasteiger partial charge in [0.15, 0.2) is 0 Å². The molecular weight excluding hydrogens is 248 g/mol. The Kier molecular flexibility index (Phi) is 4.02. The summed E-state index contributed by atoms with van der Waals surface area (Å²) in [7, 11) is 0. The van der Waals surface area contributed by atoms with E-state index in [1.54, 1.807) is 0 Å². The molecule has 0 radical (unpaired) electrons. The molecule has 0 unspecified atom stereocenters. The number of nitrogens with two attached hydrogens (primary N) is 1. The van der Waals surface area contributed by atoms with E-state index < -0.39 is 0 Å². The number of carbonyl (C=O) groups excluding carboxylic acids is 1. The van der Waals surface area contributed by atoms with Gasteiger partial charge in [-0.05, 0) is 26.2 Å². The molecule has 4 nitrogen and oxygen atoms in total. The average Bonchev–Trinajstić information content (AvgIpc) is 2.96. The molecule has 1 aliphatic rings. The summed E-state index contributed by atoms with van der Waals surface area (Å²) in [6.45, 7) is 4.20. The maximum Gasteiger partial charge on any atom is 0.350 e. The van der Waals surface area contributed by atoms with Crippen LogP contribution in [0.25, 0.3) is 0 Å². The molecule has 1 aliphatic carbocycles. The average molecular weight is 268 g/mol. The monoisotopic (exact) mass is 268 g/mol. The van der Waals surface area contributed by atoms with E-state index in [2.05, 4.69) is 4.98 Å². The summed E-state index contributed by atoms with van der Waals surface area (Å²) >= 11 is 1.42. The van der Waals surface area contributed by atoms with Crippen molar-refractivity contribution in [3.63, 3.8) is 0 Å². The van der Waals surface area contributed by atoms with Crippen LogP contribution in [0.4, 0.5) is 0 Å². The summed E-state index contributed by atoms with van der Waals surface area (Å²) in [5.74, 6) is -0.264. The highest BCUT2D eigenvalue weighted by Crippen LogP contribution is 2.39. The van der Waals surface area contributed by atoms with E-state index in [0.717, 1.165) is 42.8 Å². The van der Waals surface area contributed by atoms with Crippen LogP contribution in [-0.4, -0.2) is 17.6 Å². The van der Waals surface area contributed by atoms with E-state index in [9.17, 15) is 4.79 Å². The standard InChI is InChI=1S/C13H20N2O2S/c1-3-9-10(11(16)17-4-2)18-12(15-9)13(14)7-5-6-8-13/h3-8,14H2,1-2H3. The Morgan fingerprint density at radius 2 is 2.11 bits per heavy atom. The number of ether oxygens (including phenoxy) is 1. The molecule has 1 saturated carbocycles. The Hall–Kier alpha value is -0.940. The van der Waals surface area contributed by atoms with E-state index in [4.69, 9.17) is 10.5 Å². The van der Waals surface area contributed by atoms with Gasteiger partial charge in [0, 0.05) is 0 Å². The summed E-state index contributed by atoms with van der Waals surface area (Å²) < 4.78 is 5.07. The second kappa shape index (κ2) is 5.36. The van der Waals surface area contributed by atoms with Gasteiger partial charge in [-0.25, -0.2) is 9.78 Å². The topological polar surface area (TPSA) is 65.2 Å². The van der Waals surface area contributed by atoms with Gasteiger partial charge in [0.2, 0.25) is 0 Å². The maximum atomic E-state index is 11.9. The Balaban J connectivity index is 2.31. The first-order valence-corrected chi connectivity index (χ1v) is 7.38. The number of nitrogens with zero attached hydrogens (tertiary/aromatic N) is 1. The van der Waals surface area contributed by atoms with Gasteiger partial charge in [0.25, 0.3) is 0 Å². The molecule has 1 fully saturated rings. The minimum Gasteiger partial charge on any atom is -0.462 e. The molecule has 2 rings (SSSR count). The van der Waals surface area contributed by atoms with Crippen LogP contribution < -0.4 is 5.73 Å². The van der Waals surface area contributed by atoms with Gasteiger partial charge in [-0.15, -0.1) is 11.3 Å². The minimum atomic E-state index is -0.320. The molecule has 0 saturated heterocycles. The molecule has 0 amide bonds. The molecule has 18 heavy (non-hydrogen) atoms. The van der Waals surface area contributed by atoms with Crippen molar-refractivity contribution in [2.75, 3.05) is 6.61 Å². The first kappa shape index (κ1) is 13.5. The number of hydrogen-bond acceptors (Lipinski definition) is 5. The molecule has 0 bridgehead atoms. The van der Waals surface area contributed by atoms with Crippen molar-refractivity contribution in [2.24, 2.45) is 5.73 Å². The van der Waals surface area contributed by atoms with Gasteiger partial charge in [0.05, 0.1) is 17.8 Å². The molecule has 0 aromatic carbocycles. The first-order valence-electron chi connectivity index (χ1n) is 6.57. The van der Waals surface area contributed by atoms with Crippen LogP contribution in [0.2, 0.25) is 0 Å². The highest BCUT2D eigenvalue weighted by molar-refractivity contribution is 7.13. The zero-order chi connectivity index (χ0) is 13.2. The lowest BCUT2D eigenvalue weighted by molar-refractivity contribution is 0.0530. The van der Waals surface area contributed by atoms with Gasteiger partial charge in [-0.1, -0.05) is 19.8 Å². The molecule has 100 valence electrons. The maximum absolute atomic E-state index is 11.9. The van der Waals surface area contributed by atoms with Crippen LogP contribution >= 0.6 is 11.3 Å². The molecule has 2 N–H and O–H groups in total. The number of rotatable bonds is 4. The summed E-state index contributed by atoms with van der Waals surface area (Å²) in [5, 5.41) is 0.903. The third-order valence-corrected chi connectivity index (χ3v) is 4.71. The lowest BCUT2D eigenvalue weighted by atomic mass is 10.0. The number of hydrogen-bond donors (Lipinski definition) is 1. The van der Waals surface area contributed by atoms with Crippen LogP contribution in [0.15, 0.2) is 0 Å². The number of thiazole rings is 1. The fraction of sp³-hybridized carbons (Fsp3) is 0.692. The van der Waals surface area contributed by atoms with E-state index in [1.165, 1.54) is 11.3 Å². The first-order chi connectivity index (χ1) is 8.60. The van der Waals surface area contributed by atoms with Gasteiger partial charge in [-0.2, -0.15) is 0 Å². The van der Waals surface area contributed by atoms with E-state index >= 15 is 0 Å². The molecular formula is C13H20N2O2S. The SMILES string of the molecule is CCOC(=O)c1sc(C2(N)CCCC2)nc1CC. The highest BCUT2D eigenvalue weighted by atomic mass is 32.1. The summed E-state index contributed by atoms with van der Waals surface area (Å²) in [4.78, 5) is 17.1. The van der Waals surface area contributed by atoms with Gasteiger partial charge < -0.3 is 10.5 Å². The minimum absolute atomic E-state index is 0.264. The zero-order valence-electron chi connectivity index (χ0n) is 11.0. The Morgan fingerprint density at radius 3 is 2.67 bits per heavy atom. The van der Waals surface area contributed by atoms with Crippen molar-refractivity contribution >= 4 is 17.3 Å². The van der Waals surface area contributed by atoms with Crippen molar-refractivity contribution in [1.29, 1.82) is 0 Å². The van der Waals surface area contributed by atoms with Crippen LogP contribution in [0.5, 0.6) is 0 Å². The van der Waals surface area contributed by atoms with Gasteiger partial charge in [0.1, 0.15) is 9.88 Å². The lowest BCUT2D eigenvalue weighted by Crippen LogP contribution is -2.32. The second-order valence-corrected chi connectivity index (χ2v) is 5.73. The Bertz CT molecular complexity index is 436. The molecule has 0 spiro atoms. The lowest BCUT2D eigenvalue weighted by Gasteiger charge is -2.19. The zero-order valence-corrected chi connectivity index (χ0v) is 11.8. The molecule has 0 atom stereocenters. The fourth-order valence-corrected chi connectivity index (χ4v) is 3.59. The molecule has 0 aliphatic heterocycles. The molecule has 5 heteroatoms.